The maximum Gasteiger partial charge on any atom is 0.214 e. The monoisotopic (exact) mass is 629 g/mol. The van der Waals surface area contributed by atoms with E-state index >= 15 is 0 Å². The number of hydrogen-bond donors (Lipinski definition) is 1. The second kappa shape index (κ2) is 14.1. The van der Waals surface area contributed by atoms with Crippen LogP contribution in [0.2, 0.25) is 10.0 Å². The fourth-order valence-electron chi connectivity index (χ4n) is 3.25. The number of nitrogens with one attached hydrogen (secondary N) is 1. The first kappa shape index (κ1) is 28.6. The normalized spacial score (nSPS) is 10.7. The Morgan fingerprint density at radius 1 is 1.08 bits per heavy atom. The van der Waals surface area contributed by atoms with Gasteiger partial charge in [0.2, 0.25) is 5.16 Å². The topological polar surface area (TPSA) is 74.1 Å². The molecule has 0 fully saturated rings. The Morgan fingerprint density at radius 3 is 2.64 bits per heavy atom. The van der Waals surface area contributed by atoms with Crippen molar-refractivity contribution in [3.05, 3.63) is 86.3 Å². The maximum atomic E-state index is 6.26. The smallest absolute Gasteiger partial charge is 0.214 e. The first-order valence-corrected chi connectivity index (χ1v) is 13.2. The molecule has 3 aromatic carbocycles. The molecule has 0 spiro atoms. The van der Waals surface area contributed by atoms with Crippen LogP contribution in [-0.4, -0.2) is 39.6 Å². The van der Waals surface area contributed by atoms with Crippen LogP contribution in [0, 0.1) is 0 Å². The summed E-state index contributed by atoms with van der Waals surface area (Å²) in [6.07, 6.45) is 0. The number of halogens is 4. The van der Waals surface area contributed by atoms with Crippen LogP contribution in [0.5, 0.6) is 11.5 Å². The highest BCUT2D eigenvalue weighted by molar-refractivity contribution is 9.10. The predicted octanol–water partition coefficient (Wildman–Crippen LogP) is 6.62. The lowest BCUT2D eigenvalue weighted by Gasteiger charge is -2.15. The molecule has 0 atom stereocenters. The Labute approximate surface area is 238 Å². The summed E-state index contributed by atoms with van der Waals surface area (Å²) in [6.45, 7) is 1.74. The van der Waals surface area contributed by atoms with Crippen LogP contribution in [0.25, 0.3) is 5.69 Å². The van der Waals surface area contributed by atoms with Crippen molar-refractivity contribution in [3.63, 3.8) is 0 Å². The standard InChI is InChI=1S/C24H22BrCl2N5O2S.ClH/c1-33-22-12-16(11-20(25)23(22)34-15-17-7-8-18(26)13-21(17)27)14-28-9-10-35-24-29-30-31-32(24)19-5-3-2-4-6-19;/h2-8,11-13,28H,9-10,14-15H2,1H3;1H. The van der Waals surface area contributed by atoms with Gasteiger partial charge in [-0.25, -0.2) is 0 Å². The summed E-state index contributed by atoms with van der Waals surface area (Å²) < 4.78 is 14.1. The van der Waals surface area contributed by atoms with Crippen LogP contribution in [0.4, 0.5) is 0 Å². The number of para-hydroxylation sites is 1. The molecule has 0 aliphatic rings. The van der Waals surface area contributed by atoms with Gasteiger partial charge in [0.25, 0.3) is 0 Å². The number of tetrazole rings is 1. The van der Waals surface area contributed by atoms with Crippen LogP contribution in [0.3, 0.4) is 0 Å². The molecule has 1 aromatic heterocycles. The SMILES string of the molecule is COc1cc(CNCCSc2nnnn2-c2ccccc2)cc(Br)c1OCc1ccc(Cl)cc1Cl.Cl. The average molecular weight is 632 g/mol. The number of nitrogens with zero attached hydrogens (tertiary/aromatic N) is 4. The molecule has 0 saturated heterocycles. The number of benzene rings is 3. The maximum absolute atomic E-state index is 6.26. The van der Waals surface area contributed by atoms with Crippen molar-refractivity contribution in [2.24, 2.45) is 0 Å². The minimum absolute atomic E-state index is 0. The van der Waals surface area contributed by atoms with E-state index in [9.17, 15) is 0 Å². The van der Waals surface area contributed by atoms with E-state index in [1.54, 1.807) is 35.7 Å². The zero-order valence-corrected chi connectivity index (χ0v) is 23.9. The van der Waals surface area contributed by atoms with Crippen LogP contribution < -0.4 is 14.8 Å². The molecule has 12 heteroatoms. The van der Waals surface area contributed by atoms with Crippen molar-refractivity contribution in [2.75, 3.05) is 19.4 Å². The number of rotatable bonds is 11. The van der Waals surface area contributed by atoms with E-state index in [1.165, 1.54) is 0 Å². The molecular formula is C24H23BrCl3N5O2S. The van der Waals surface area contributed by atoms with Gasteiger partial charge >= 0.3 is 0 Å². The van der Waals surface area contributed by atoms with Gasteiger partial charge in [-0.05, 0) is 68.3 Å². The summed E-state index contributed by atoms with van der Waals surface area (Å²) in [4.78, 5) is 0. The molecule has 190 valence electrons. The summed E-state index contributed by atoms with van der Waals surface area (Å²) >= 11 is 17.4. The van der Waals surface area contributed by atoms with Gasteiger partial charge in [0.15, 0.2) is 11.5 Å². The lowest BCUT2D eigenvalue weighted by molar-refractivity contribution is 0.282. The van der Waals surface area contributed by atoms with Gasteiger partial charge in [-0.15, -0.1) is 17.5 Å². The number of hydrogen-bond acceptors (Lipinski definition) is 7. The van der Waals surface area contributed by atoms with Crippen molar-refractivity contribution in [2.45, 2.75) is 18.3 Å². The fourth-order valence-corrected chi connectivity index (χ4v) is 5.11. The van der Waals surface area contributed by atoms with Gasteiger partial charge in [0, 0.05) is 34.5 Å². The van der Waals surface area contributed by atoms with Gasteiger partial charge in [-0.1, -0.05) is 59.2 Å². The van der Waals surface area contributed by atoms with E-state index in [1.807, 2.05) is 48.5 Å². The molecule has 0 saturated carbocycles. The van der Waals surface area contributed by atoms with Crippen LogP contribution >= 0.6 is 63.3 Å². The van der Waals surface area contributed by atoms with Crippen molar-refractivity contribution in [1.29, 1.82) is 0 Å². The summed E-state index contributed by atoms with van der Waals surface area (Å²) in [5.41, 5.74) is 2.84. The van der Waals surface area contributed by atoms with Crippen molar-refractivity contribution >= 4 is 63.3 Å². The Bertz CT molecular complexity index is 1280. The average Bonchev–Trinajstić information content (AvgIpc) is 3.33. The number of aromatic nitrogens is 4. The van der Waals surface area contributed by atoms with Gasteiger partial charge in [0.1, 0.15) is 6.61 Å². The number of ether oxygens (including phenoxy) is 2. The molecule has 0 bridgehead atoms. The van der Waals surface area contributed by atoms with Crippen LogP contribution in [0.15, 0.2) is 70.3 Å². The second-order valence-electron chi connectivity index (χ2n) is 7.37. The molecule has 0 amide bonds. The summed E-state index contributed by atoms with van der Waals surface area (Å²) in [5, 5.41) is 17.4. The Morgan fingerprint density at radius 2 is 1.89 bits per heavy atom. The highest BCUT2D eigenvalue weighted by atomic mass is 79.9. The van der Waals surface area contributed by atoms with E-state index in [2.05, 4.69) is 36.8 Å². The number of thioether (sulfide) groups is 1. The zero-order chi connectivity index (χ0) is 24.6. The molecule has 0 unspecified atom stereocenters. The minimum Gasteiger partial charge on any atom is -0.493 e. The van der Waals surface area contributed by atoms with E-state index in [4.69, 9.17) is 32.7 Å². The summed E-state index contributed by atoms with van der Waals surface area (Å²) in [5.74, 6) is 2.07. The molecule has 4 rings (SSSR count). The molecule has 0 aliphatic carbocycles. The first-order valence-electron chi connectivity index (χ1n) is 10.7. The molecule has 4 aromatic rings. The van der Waals surface area contributed by atoms with E-state index in [0.717, 1.165) is 38.7 Å². The van der Waals surface area contributed by atoms with Gasteiger partial charge in [-0.2, -0.15) is 4.68 Å². The molecule has 36 heavy (non-hydrogen) atoms. The van der Waals surface area contributed by atoms with Gasteiger partial charge in [-0.3, -0.25) is 0 Å². The van der Waals surface area contributed by atoms with Crippen molar-refractivity contribution in [3.8, 4) is 17.2 Å². The second-order valence-corrected chi connectivity index (χ2v) is 10.1. The minimum atomic E-state index is 0. The van der Waals surface area contributed by atoms with Crippen LogP contribution in [0.1, 0.15) is 11.1 Å². The third kappa shape index (κ3) is 7.50. The molecule has 1 heterocycles. The Hall–Kier alpha value is -2.01. The van der Waals surface area contributed by atoms with Crippen molar-refractivity contribution in [1.82, 2.24) is 25.5 Å². The molecular weight excluding hydrogens is 609 g/mol. The summed E-state index contributed by atoms with van der Waals surface area (Å²) in [6, 6.07) is 19.1. The Balaban J connectivity index is 0.00000361. The largest absolute Gasteiger partial charge is 0.493 e. The molecule has 0 aliphatic heterocycles. The highest BCUT2D eigenvalue weighted by Crippen LogP contribution is 2.37. The lowest BCUT2D eigenvalue weighted by Crippen LogP contribution is -2.17. The predicted molar refractivity (Wildman–Crippen MR) is 150 cm³/mol. The highest BCUT2D eigenvalue weighted by Gasteiger charge is 2.13. The number of methoxy groups -OCH3 is 1. The van der Waals surface area contributed by atoms with E-state index in [-0.39, 0.29) is 12.4 Å². The fraction of sp³-hybridized carbons (Fsp3) is 0.208. The molecule has 0 radical (unpaired) electrons. The zero-order valence-electron chi connectivity index (χ0n) is 19.2. The Kier molecular flexibility index (Phi) is 11.2. The van der Waals surface area contributed by atoms with E-state index < -0.39 is 0 Å². The third-order valence-electron chi connectivity index (χ3n) is 4.96. The third-order valence-corrected chi connectivity index (χ3v) is 7.05. The molecule has 1 N–H and O–H groups in total. The van der Waals surface area contributed by atoms with Gasteiger partial charge in [0.05, 0.1) is 17.3 Å². The first-order chi connectivity index (χ1) is 17.0. The van der Waals surface area contributed by atoms with E-state index in [0.29, 0.717) is 34.7 Å². The lowest BCUT2D eigenvalue weighted by atomic mass is 10.2. The van der Waals surface area contributed by atoms with Gasteiger partial charge < -0.3 is 14.8 Å². The summed E-state index contributed by atoms with van der Waals surface area (Å²) in [7, 11) is 1.62. The van der Waals surface area contributed by atoms with Crippen molar-refractivity contribution < 1.29 is 9.47 Å². The van der Waals surface area contributed by atoms with Crippen LogP contribution in [-0.2, 0) is 13.2 Å². The quantitative estimate of drug-likeness (QED) is 0.147. The molecule has 7 nitrogen and oxygen atoms in total.